The molecule has 0 saturated heterocycles. The molecule has 7 aromatic rings. The fourth-order valence-corrected chi connectivity index (χ4v) is 6.95. The SMILES string of the molecule is C=CC(=C)c1ccc(N(c2ccc(-c3ccc4c(c3)c3ccccc3n4-c3ccccc3)cc2)c2ccc(C(=C)/C=C\C)c(C)c2)cc1C. The number of hydrogen-bond donors (Lipinski definition) is 0. The average molecular weight is 633 g/mol. The Morgan fingerprint density at radius 1 is 0.571 bits per heavy atom. The standard InChI is InChI=1S/C47H40N2/c1-7-14-33(4)43-27-25-41(30-35(43)6)48(40-24-26-42(32(3)8-2)34(5)29-40)39-22-19-36(20-23-39)37-21-28-47-45(31-37)44-17-12-13-18-46(44)49(47)38-15-10-9-11-16-38/h7-31H,2-4H2,1,5-6H3/b14-7-. The first kappa shape index (κ1) is 31.5. The molecular formula is C47H40N2. The van der Waals surface area contributed by atoms with Gasteiger partial charge in [-0.05, 0) is 132 Å². The molecule has 0 amide bonds. The van der Waals surface area contributed by atoms with Gasteiger partial charge in [0.2, 0.25) is 0 Å². The maximum Gasteiger partial charge on any atom is 0.0541 e. The zero-order valence-corrected chi connectivity index (χ0v) is 28.4. The molecule has 6 aromatic carbocycles. The molecule has 0 atom stereocenters. The van der Waals surface area contributed by atoms with E-state index in [9.17, 15) is 0 Å². The van der Waals surface area contributed by atoms with E-state index in [4.69, 9.17) is 0 Å². The summed E-state index contributed by atoms with van der Waals surface area (Å²) in [5.74, 6) is 0. The molecule has 0 bridgehead atoms. The molecule has 0 radical (unpaired) electrons. The Morgan fingerprint density at radius 2 is 1.14 bits per heavy atom. The molecule has 0 aliphatic heterocycles. The quantitative estimate of drug-likeness (QED) is 0.144. The van der Waals surface area contributed by atoms with Gasteiger partial charge in [0.25, 0.3) is 0 Å². The maximum absolute atomic E-state index is 4.28. The van der Waals surface area contributed by atoms with Gasteiger partial charge in [0.05, 0.1) is 11.0 Å². The van der Waals surface area contributed by atoms with E-state index < -0.39 is 0 Å². The first-order valence-electron chi connectivity index (χ1n) is 16.7. The van der Waals surface area contributed by atoms with Crippen LogP contribution < -0.4 is 4.90 Å². The van der Waals surface area contributed by atoms with Gasteiger partial charge in [-0.2, -0.15) is 0 Å². The van der Waals surface area contributed by atoms with E-state index in [0.717, 1.165) is 50.6 Å². The van der Waals surface area contributed by atoms with E-state index in [0.29, 0.717) is 0 Å². The number of hydrogen-bond acceptors (Lipinski definition) is 1. The molecule has 0 aliphatic carbocycles. The van der Waals surface area contributed by atoms with Gasteiger partial charge < -0.3 is 9.47 Å². The van der Waals surface area contributed by atoms with Gasteiger partial charge in [0.1, 0.15) is 0 Å². The van der Waals surface area contributed by atoms with Gasteiger partial charge in [0.15, 0.2) is 0 Å². The Bertz CT molecular complexity index is 2400. The predicted molar refractivity (Wildman–Crippen MR) is 213 cm³/mol. The second-order valence-corrected chi connectivity index (χ2v) is 12.6. The molecule has 1 aromatic heterocycles. The van der Waals surface area contributed by atoms with Crippen LogP contribution in [0.1, 0.15) is 29.2 Å². The van der Waals surface area contributed by atoms with Crippen molar-refractivity contribution in [1.29, 1.82) is 0 Å². The van der Waals surface area contributed by atoms with Gasteiger partial charge in [-0.3, -0.25) is 0 Å². The van der Waals surface area contributed by atoms with Crippen molar-refractivity contribution in [1.82, 2.24) is 4.57 Å². The molecule has 1 heterocycles. The third kappa shape index (κ3) is 5.83. The van der Waals surface area contributed by atoms with Crippen LogP contribution in [0.4, 0.5) is 17.1 Å². The minimum absolute atomic E-state index is 0.923. The van der Waals surface area contributed by atoms with Crippen molar-refractivity contribution >= 4 is 50.0 Å². The Hall–Kier alpha value is -6.12. The molecule has 2 nitrogen and oxygen atoms in total. The Balaban J connectivity index is 1.31. The van der Waals surface area contributed by atoms with Crippen molar-refractivity contribution in [3.63, 3.8) is 0 Å². The van der Waals surface area contributed by atoms with E-state index in [1.807, 2.05) is 19.1 Å². The van der Waals surface area contributed by atoms with Crippen LogP contribution in [0.15, 0.2) is 171 Å². The second-order valence-electron chi connectivity index (χ2n) is 12.6. The van der Waals surface area contributed by atoms with Gasteiger partial charge in [-0.15, -0.1) is 0 Å². The number of rotatable bonds is 9. The van der Waals surface area contributed by atoms with Crippen LogP contribution in [0.3, 0.4) is 0 Å². The zero-order valence-electron chi connectivity index (χ0n) is 28.4. The molecule has 0 saturated carbocycles. The molecule has 238 valence electrons. The van der Waals surface area contributed by atoms with Crippen LogP contribution >= 0.6 is 0 Å². The van der Waals surface area contributed by atoms with E-state index in [1.165, 1.54) is 38.5 Å². The first-order valence-corrected chi connectivity index (χ1v) is 16.7. The third-order valence-corrected chi connectivity index (χ3v) is 9.39. The molecule has 0 spiro atoms. The highest BCUT2D eigenvalue weighted by Gasteiger charge is 2.17. The molecule has 7 rings (SSSR count). The lowest BCUT2D eigenvalue weighted by atomic mass is 9.98. The summed E-state index contributed by atoms with van der Waals surface area (Å²) in [5, 5.41) is 2.49. The Labute approximate surface area is 289 Å². The number of benzene rings is 6. The monoisotopic (exact) mass is 632 g/mol. The summed E-state index contributed by atoms with van der Waals surface area (Å²) in [5.41, 5.74) is 15.7. The zero-order chi connectivity index (χ0) is 34.1. The second kappa shape index (κ2) is 13.2. The summed E-state index contributed by atoms with van der Waals surface area (Å²) in [4.78, 5) is 2.32. The minimum atomic E-state index is 0.923. The molecule has 2 heteroatoms. The molecule has 0 aliphatic rings. The van der Waals surface area contributed by atoms with E-state index >= 15 is 0 Å². The number of aromatic nitrogens is 1. The smallest absolute Gasteiger partial charge is 0.0541 e. The fraction of sp³-hybridized carbons (Fsp3) is 0.0638. The summed E-state index contributed by atoms with van der Waals surface area (Å²) >= 11 is 0. The number of anilines is 3. The topological polar surface area (TPSA) is 8.17 Å². The van der Waals surface area contributed by atoms with Gasteiger partial charge >= 0.3 is 0 Å². The van der Waals surface area contributed by atoms with Crippen molar-refractivity contribution < 1.29 is 0 Å². The Morgan fingerprint density at radius 3 is 1.78 bits per heavy atom. The number of nitrogens with zero attached hydrogens (tertiary/aromatic N) is 2. The summed E-state index contributed by atoms with van der Waals surface area (Å²) in [6.07, 6.45) is 5.91. The van der Waals surface area contributed by atoms with Crippen LogP contribution in [0, 0.1) is 13.8 Å². The number of aryl methyl sites for hydroxylation is 2. The molecule has 0 unspecified atom stereocenters. The van der Waals surface area contributed by atoms with Crippen molar-refractivity contribution in [2.45, 2.75) is 20.8 Å². The summed E-state index contributed by atoms with van der Waals surface area (Å²) in [6, 6.07) is 48.2. The number of fused-ring (bicyclic) bond motifs is 3. The van der Waals surface area contributed by atoms with Crippen molar-refractivity contribution in [2.24, 2.45) is 0 Å². The van der Waals surface area contributed by atoms with E-state index in [-0.39, 0.29) is 0 Å². The van der Waals surface area contributed by atoms with Gasteiger partial charge in [0, 0.05) is 33.5 Å². The van der Waals surface area contributed by atoms with Crippen LogP contribution in [0.5, 0.6) is 0 Å². The highest BCUT2D eigenvalue weighted by Crippen LogP contribution is 2.40. The minimum Gasteiger partial charge on any atom is -0.310 e. The van der Waals surface area contributed by atoms with Crippen molar-refractivity contribution in [3.05, 3.63) is 194 Å². The van der Waals surface area contributed by atoms with Gasteiger partial charge in [-0.25, -0.2) is 0 Å². The normalized spacial score (nSPS) is 11.3. The van der Waals surface area contributed by atoms with Crippen LogP contribution in [0.25, 0.3) is 49.8 Å². The van der Waals surface area contributed by atoms with Crippen LogP contribution in [0.2, 0.25) is 0 Å². The Kier molecular flexibility index (Phi) is 8.46. The highest BCUT2D eigenvalue weighted by atomic mass is 15.1. The molecular weight excluding hydrogens is 593 g/mol. The lowest BCUT2D eigenvalue weighted by Gasteiger charge is -2.27. The first-order chi connectivity index (χ1) is 23.9. The lowest BCUT2D eigenvalue weighted by molar-refractivity contribution is 1.18. The van der Waals surface area contributed by atoms with Crippen molar-refractivity contribution in [3.8, 4) is 16.8 Å². The fourth-order valence-electron chi connectivity index (χ4n) is 6.95. The van der Waals surface area contributed by atoms with Crippen molar-refractivity contribution in [2.75, 3.05) is 4.90 Å². The lowest BCUT2D eigenvalue weighted by Crippen LogP contribution is -2.11. The maximum atomic E-state index is 4.28. The molecule has 0 fully saturated rings. The van der Waals surface area contributed by atoms with Crippen LogP contribution in [-0.2, 0) is 0 Å². The molecule has 49 heavy (non-hydrogen) atoms. The van der Waals surface area contributed by atoms with E-state index in [1.54, 1.807) is 0 Å². The van der Waals surface area contributed by atoms with E-state index in [2.05, 4.69) is 183 Å². The molecule has 0 N–H and O–H groups in total. The van der Waals surface area contributed by atoms with Gasteiger partial charge in [-0.1, -0.05) is 105 Å². The highest BCUT2D eigenvalue weighted by molar-refractivity contribution is 6.10. The average Bonchev–Trinajstić information content (AvgIpc) is 3.46. The largest absolute Gasteiger partial charge is 0.310 e. The number of allylic oxidation sites excluding steroid dienone is 5. The summed E-state index contributed by atoms with van der Waals surface area (Å²) in [7, 11) is 0. The van der Waals surface area contributed by atoms with Crippen LogP contribution in [-0.4, -0.2) is 4.57 Å². The number of para-hydroxylation sites is 2. The third-order valence-electron chi connectivity index (χ3n) is 9.39. The predicted octanol–water partition coefficient (Wildman–Crippen LogP) is 13.3. The summed E-state index contributed by atoms with van der Waals surface area (Å²) < 4.78 is 2.36. The summed E-state index contributed by atoms with van der Waals surface area (Å²) in [6.45, 7) is 18.7.